The molecule has 2 unspecified atom stereocenters. The third kappa shape index (κ3) is 6.80. The second-order valence-electron chi connectivity index (χ2n) is 12.9. The summed E-state index contributed by atoms with van der Waals surface area (Å²) in [6, 6.07) is 9.71. The van der Waals surface area contributed by atoms with Gasteiger partial charge < -0.3 is 14.7 Å². The largest absolute Gasteiger partial charge is 0.343 e. The summed E-state index contributed by atoms with van der Waals surface area (Å²) in [7, 11) is -3.53. The number of sulfonamides is 1. The van der Waals surface area contributed by atoms with Gasteiger partial charge in [-0.25, -0.2) is 8.42 Å². The quantitative estimate of drug-likeness (QED) is 0.419. The summed E-state index contributed by atoms with van der Waals surface area (Å²) in [5, 5.41) is 0.643. The number of hydrogen-bond acceptors (Lipinski definition) is 5. The first kappa shape index (κ1) is 31.9. The van der Waals surface area contributed by atoms with Crippen LogP contribution >= 0.6 is 11.6 Å². The number of hydrogen-bond donors (Lipinski definition) is 0. The van der Waals surface area contributed by atoms with Crippen molar-refractivity contribution in [3.63, 3.8) is 0 Å². The van der Waals surface area contributed by atoms with Crippen LogP contribution in [-0.2, 0) is 19.6 Å². The Labute approximate surface area is 262 Å². The molecule has 234 valence electrons. The van der Waals surface area contributed by atoms with E-state index in [0.717, 1.165) is 54.0 Å². The van der Waals surface area contributed by atoms with E-state index in [4.69, 9.17) is 11.6 Å². The van der Waals surface area contributed by atoms with Crippen LogP contribution in [0, 0.1) is 45.4 Å². The van der Waals surface area contributed by atoms with Crippen LogP contribution in [0.3, 0.4) is 0 Å². The second kappa shape index (κ2) is 12.9. The van der Waals surface area contributed by atoms with Gasteiger partial charge in [-0.15, -0.1) is 0 Å². The van der Waals surface area contributed by atoms with Crippen molar-refractivity contribution < 1.29 is 18.0 Å². The van der Waals surface area contributed by atoms with E-state index in [-0.39, 0.29) is 17.7 Å². The maximum Gasteiger partial charge on any atom is 0.243 e. The van der Waals surface area contributed by atoms with Crippen molar-refractivity contribution in [2.75, 3.05) is 57.3 Å². The molecule has 2 aromatic carbocycles. The number of carbonyl (C=O) groups excluding carboxylic acids is 2. The minimum Gasteiger partial charge on any atom is -0.343 e. The smallest absolute Gasteiger partial charge is 0.243 e. The van der Waals surface area contributed by atoms with E-state index in [2.05, 4.69) is 4.90 Å². The first-order valence-corrected chi connectivity index (χ1v) is 17.3. The van der Waals surface area contributed by atoms with E-state index in [1.165, 1.54) is 0 Å². The first-order valence-electron chi connectivity index (χ1n) is 15.5. The highest BCUT2D eigenvalue weighted by Gasteiger charge is 2.44. The fourth-order valence-electron chi connectivity index (χ4n) is 7.36. The molecule has 0 bridgehead atoms. The zero-order chi connectivity index (χ0) is 31.1. The Hall–Kier alpha value is -2.46. The van der Waals surface area contributed by atoms with Crippen molar-refractivity contribution in [3.8, 4) is 0 Å². The van der Waals surface area contributed by atoms with Gasteiger partial charge in [0, 0.05) is 69.4 Å². The molecule has 2 amide bonds. The van der Waals surface area contributed by atoms with Gasteiger partial charge in [-0.1, -0.05) is 35.4 Å². The molecule has 0 N–H and O–H groups in total. The summed E-state index contributed by atoms with van der Waals surface area (Å²) in [5.74, 6) is 0.686. The van der Waals surface area contributed by atoms with Crippen LogP contribution in [0.4, 0.5) is 5.69 Å². The molecule has 0 spiro atoms. The third-order valence-corrected chi connectivity index (χ3v) is 12.2. The molecule has 2 aromatic rings. The summed E-state index contributed by atoms with van der Waals surface area (Å²) in [4.78, 5) is 32.2. The number of rotatable bonds is 8. The van der Waals surface area contributed by atoms with Gasteiger partial charge in [0.2, 0.25) is 21.8 Å². The van der Waals surface area contributed by atoms with Crippen molar-refractivity contribution in [2.24, 2.45) is 17.8 Å². The summed E-state index contributed by atoms with van der Waals surface area (Å²) in [5.41, 5.74) is 4.49. The van der Waals surface area contributed by atoms with E-state index in [0.29, 0.717) is 67.3 Å². The third-order valence-electron chi connectivity index (χ3n) is 9.61. The zero-order valence-corrected chi connectivity index (χ0v) is 27.7. The Morgan fingerprint density at radius 2 is 1.51 bits per heavy atom. The van der Waals surface area contributed by atoms with Gasteiger partial charge in [0.05, 0.1) is 4.90 Å². The molecule has 5 rings (SSSR count). The Bertz CT molecular complexity index is 1450. The van der Waals surface area contributed by atoms with Gasteiger partial charge in [-0.05, 0) is 94.2 Å². The zero-order valence-electron chi connectivity index (χ0n) is 26.1. The molecule has 3 aliphatic rings. The molecule has 8 nitrogen and oxygen atoms in total. The fraction of sp³-hybridized carbons (Fsp3) is 0.576. The number of likely N-dealkylation sites (tertiary alicyclic amines) is 2. The predicted octanol–water partition coefficient (Wildman–Crippen LogP) is 4.81. The molecule has 10 heteroatoms. The topological polar surface area (TPSA) is 81.2 Å². The Balaban J connectivity index is 1.19. The molecule has 2 atom stereocenters. The van der Waals surface area contributed by atoms with Crippen molar-refractivity contribution in [2.45, 2.75) is 58.8 Å². The van der Waals surface area contributed by atoms with Crippen molar-refractivity contribution in [1.29, 1.82) is 0 Å². The maximum absolute atomic E-state index is 13.8. The molecule has 3 aliphatic heterocycles. The van der Waals surface area contributed by atoms with Crippen molar-refractivity contribution >= 4 is 39.1 Å². The monoisotopic (exact) mass is 628 g/mol. The highest BCUT2D eigenvalue weighted by atomic mass is 35.5. The van der Waals surface area contributed by atoms with Gasteiger partial charge in [-0.2, -0.15) is 4.31 Å². The summed E-state index contributed by atoms with van der Waals surface area (Å²) in [6.07, 6.45) is 2.16. The lowest BCUT2D eigenvalue weighted by molar-refractivity contribution is -0.133. The van der Waals surface area contributed by atoms with E-state index >= 15 is 0 Å². The Morgan fingerprint density at radius 3 is 2.07 bits per heavy atom. The summed E-state index contributed by atoms with van der Waals surface area (Å²) >= 11 is 6.46. The number of carbonyl (C=O) groups is 2. The van der Waals surface area contributed by atoms with Crippen LogP contribution in [0.25, 0.3) is 0 Å². The number of amides is 2. The molecule has 0 radical (unpaired) electrons. The molecule has 0 saturated carbocycles. The van der Waals surface area contributed by atoms with E-state index in [1.807, 2.05) is 67.8 Å². The molecular weight excluding hydrogens is 584 g/mol. The fourth-order valence-corrected chi connectivity index (χ4v) is 9.50. The number of aryl methyl sites for hydroxylation is 4. The lowest BCUT2D eigenvalue weighted by atomic mass is 9.94. The second-order valence-corrected chi connectivity index (χ2v) is 15.2. The summed E-state index contributed by atoms with van der Waals surface area (Å²) < 4.78 is 28.9. The highest BCUT2D eigenvalue weighted by Crippen LogP contribution is 2.36. The predicted molar refractivity (Wildman–Crippen MR) is 171 cm³/mol. The van der Waals surface area contributed by atoms with Crippen molar-refractivity contribution in [1.82, 2.24) is 14.1 Å². The highest BCUT2D eigenvalue weighted by molar-refractivity contribution is 7.89. The number of benzene rings is 2. The lowest BCUT2D eigenvalue weighted by Crippen LogP contribution is -2.44. The van der Waals surface area contributed by atoms with Gasteiger partial charge in [0.15, 0.2) is 0 Å². The van der Waals surface area contributed by atoms with Gasteiger partial charge in [-0.3, -0.25) is 9.59 Å². The van der Waals surface area contributed by atoms with Gasteiger partial charge in [0.25, 0.3) is 0 Å². The van der Waals surface area contributed by atoms with Gasteiger partial charge in [0.1, 0.15) is 0 Å². The Kier molecular flexibility index (Phi) is 9.57. The standard InChI is InChI=1S/C33H45ClN4O4S/c1-22-15-24(3)32(25(4)16-22)43(41,42)37-20-28-18-35(19-29(28)21-37)11-6-12-38(30-8-7-23(2)31(34)17-30)33(40)27-9-13-36(14-10-27)26(5)39/h7-8,15-17,27-29H,6,9-14,18-21H2,1-5H3. The molecule has 3 fully saturated rings. The van der Waals surface area contributed by atoms with Crippen LogP contribution in [0.15, 0.2) is 35.2 Å². The van der Waals surface area contributed by atoms with Gasteiger partial charge >= 0.3 is 0 Å². The summed E-state index contributed by atoms with van der Waals surface area (Å²) in [6.45, 7) is 14.8. The first-order chi connectivity index (χ1) is 20.3. The number of piperidine rings is 1. The van der Waals surface area contributed by atoms with Crippen LogP contribution < -0.4 is 4.90 Å². The molecule has 0 aromatic heterocycles. The Morgan fingerprint density at radius 1 is 0.907 bits per heavy atom. The molecule has 3 heterocycles. The maximum atomic E-state index is 13.8. The van der Waals surface area contributed by atoms with Crippen LogP contribution in [0.2, 0.25) is 5.02 Å². The SMILES string of the molecule is CC(=O)N1CCC(C(=O)N(CCCN2CC3CN(S(=O)(=O)c4c(C)cc(C)cc4C)CC3C2)c2ccc(C)c(Cl)c2)CC1. The van der Waals surface area contributed by atoms with E-state index < -0.39 is 10.0 Å². The van der Waals surface area contributed by atoms with Crippen LogP contribution in [-0.4, -0.2) is 86.7 Å². The number of fused-ring (bicyclic) bond motifs is 1. The van der Waals surface area contributed by atoms with Crippen molar-refractivity contribution in [3.05, 3.63) is 57.6 Å². The minimum atomic E-state index is -3.53. The number of anilines is 1. The average Bonchev–Trinajstić information content (AvgIpc) is 3.51. The lowest BCUT2D eigenvalue weighted by Gasteiger charge is -2.34. The molecule has 43 heavy (non-hydrogen) atoms. The van der Waals surface area contributed by atoms with Crippen LogP contribution in [0.1, 0.15) is 48.4 Å². The minimum absolute atomic E-state index is 0.0598. The molecule has 0 aliphatic carbocycles. The number of nitrogens with zero attached hydrogens (tertiary/aromatic N) is 4. The van der Waals surface area contributed by atoms with E-state index in [9.17, 15) is 18.0 Å². The number of halogens is 1. The average molecular weight is 629 g/mol. The normalized spacial score (nSPS) is 21.8. The molecular formula is C33H45ClN4O4S. The van der Waals surface area contributed by atoms with Crippen LogP contribution in [0.5, 0.6) is 0 Å². The molecule has 3 saturated heterocycles. The van der Waals surface area contributed by atoms with E-state index in [1.54, 1.807) is 11.2 Å².